The summed E-state index contributed by atoms with van der Waals surface area (Å²) in [6, 6.07) is 9.34. The van der Waals surface area contributed by atoms with E-state index >= 15 is 0 Å². The number of amides is 1. The first-order valence-corrected chi connectivity index (χ1v) is 6.36. The van der Waals surface area contributed by atoms with Crippen LogP contribution in [0.15, 0.2) is 42.5 Å². The summed E-state index contributed by atoms with van der Waals surface area (Å²) in [4.78, 5) is 11.9. The van der Waals surface area contributed by atoms with Gasteiger partial charge in [-0.25, -0.2) is 8.78 Å². The molecule has 0 radical (unpaired) electrons. The molecule has 104 valence electrons. The Morgan fingerprint density at radius 1 is 1.15 bits per heavy atom. The summed E-state index contributed by atoms with van der Waals surface area (Å²) in [5.41, 5.74) is 0.505. The molecule has 0 bridgehead atoms. The predicted molar refractivity (Wildman–Crippen MR) is 73.7 cm³/mol. The van der Waals surface area contributed by atoms with Gasteiger partial charge in [-0.1, -0.05) is 23.7 Å². The molecule has 0 aliphatic rings. The zero-order valence-corrected chi connectivity index (χ0v) is 11.4. The molecule has 0 fully saturated rings. The van der Waals surface area contributed by atoms with Gasteiger partial charge < -0.3 is 5.32 Å². The van der Waals surface area contributed by atoms with E-state index in [1.807, 2.05) is 0 Å². The van der Waals surface area contributed by atoms with Crippen LogP contribution in [0.2, 0.25) is 5.02 Å². The Labute approximate surface area is 120 Å². The quantitative estimate of drug-likeness (QED) is 0.907. The van der Waals surface area contributed by atoms with Crippen LogP contribution in [-0.2, 0) is 0 Å². The number of rotatable bonds is 3. The lowest BCUT2D eigenvalue weighted by atomic mass is 10.1. The lowest BCUT2D eigenvalue weighted by Gasteiger charge is -2.14. The van der Waals surface area contributed by atoms with Crippen molar-refractivity contribution in [2.75, 3.05) is 0 Å². The van der Waals surface area contributed by atoms with Gasteiger partial charge in [-0.2, -0.15) is 0 Å². The second-order valence-corrected chi connectivity index (χ2v) is 4.81. The highest BCUT2D eigenvalue weighted by Gasteiger charge is 2.15. The number of nitrogens with one attached hydrogen (secondary N) is 1. The number of halogens is 3. The van der Waals surface area contributed by atoms with Crippen molar-refractivity contribution in [1.82, 2.24) is 5.32 Å². The second-order valence-electron chi connectivity index (χ2n) is 4.37. The van der Waals surface area contributed by atoms with Gasteiger partial charge in [0, 0.05) is 5.02 Å². The molecule has 1 amide bonds. The van der Waals surface area contributed by atoms with Crippen molar-refractivity contribution in [2.24, 2.45) is 0 Å². The standard InChI is InChI=1S/C15H12ClF2NO/c1-9(10-2-4-11(16)5-3-10)19-15(20)13-8-12(17)6-7-14(13)18/h2-9H,1H3,(H,19,20)/t9-/m1/s1. The third-order valence-corrected chi connectivity index (χ3v) is 3.14. The molecule has 1 atom stereocenters. The van der Waals surface area contributed by atoms with Crippen molar-refractivity contribution in [3.63, 3.8) is 0 Å². The van der Waals surface area contributed by atoms with Crippen molar-refractivity contribution in [3.05, 3.63) is 70.2 Å². The van der Waals surface area contributed by atoms with Crippen LogP contribution in [-0.4, -0.2) is 5.91 Å². The molecule has 0 aliphatic heterocycles. The molecular formula is C15H12ClF2NO. The van der Waals surface area contributed by atoms with Gasteiger partial charge in [-0.05, 0) is 42.8 Å². The van der Waals surface area contributed by atoms with Gasteiger partial charge in [-0.3, -0.25) is 4.79 Å². The summed E-state index contributed by atoms with van der Waals surface area (Å²) in [5.74, 6) is -2.08. The minimum absolute atomic E-state index is 0.314. The van der Waals surface area contributed by atoms with Crippen LogP contribution >= 0.6 is 11.6 Å². The Hall–Kier alpha value is -1.94. The minimum atomic E-state index is -0.757. The number of hydrogen-bond acceptors (Lipinski definition) is 1. The van der Waals surface area contributed by atoms with E-state index in [2.05, 4.69) is 5.32 Å². The molecule has 0 aromatic heterocycles. The lowest BCUT2D eigenvalue weighted by Crippen LogP contribution is -2.27. The van der Waals surface area contributed by atoms with E-state index in [-0.39, 0.29) is 11.6 Å². The highest BCUT2D eigenvalue weighted by atomic mass is 35.5. The Balaban J connectivity index is 2.15. The van der Waals surface area contributed by atoms with E-state index < -0.39 is 17.5 Å². The monoisotopic (exact) mass is 295 g/mol. The zero-order valence-electron chi connectivity index (χ0n) is 10.7. The van der Waals surface area contributed by atoms with Gasteiger partial charge in [0.25, 0.3) is 5.91 Å². The first-order valence-electron chi connectivity index (χ1n) is 5.99. The highest BCUT2D eigenvalue weighted by Crippen LogP contribution is 2.17. The van der Waals surface area contributed by atoms with E-state index in [0.717, 1.165) is 23.8 Å². The average Bonchev–Trinajstić information content (AvgIpc) is 2.42. The summed E-state index contributed by atoms with van der Waals surface area (Å²) in [6.07, 6.45) is 0. The van der Waals surface area contributed by atoms with Crippen molar-refractivity contribution in [2.45, 2.75) is 13.0 Å². The largest absolute Gasteiger partial charge is 0.345 e. The molecule has 0 heterocycles. The van der Waals surface area contributed by atoms with E-state index in [9.17, 15) is 13.6 Å². The molecule has 0 spiro atoms. The van der Waals surface area contributed by atoms with Gasteiger partial charge in [0.1, 0.15) is 11.6 Å². The molecule has 0 saturated carbocycles. The fraction of sp³-hybridized carbons (Fsp3) is 0.133. The van der Waals surface area contributed by atoms with Gasteiger partial charge >= 0.3 is 0 Å². The highest BCUT2D eigenvalue weighted by molar-refractivity contribution is 6.30. The number of benzene rings is 2. The Morgan fingerprint density at radius 2 is 1.80 bits per heavy atom. The Morgan fingerprint density at radius 3 is 2.45 bits per heavy atom. The number of carbonyl (C=O) groups excluding carboxylic acids is 1. The van der Waals surface area contributed by atoms with Crippen LogP contribution in [0.1, 0.15) is 28.9 Å². The maximum Gasteiger partial charge on any atom is 0.254 e. The van der Waals surface area contributed by atoms with Crippen molar-refractivity contribution in [3.8, 4) is 0 Å². The van der Waals surface area contributed by atoms with Gasteiger partial charge in [-0.15, -0.1) is 0 Å². The first-order chi connectivity index (χ1) is 9.47. The van der Waals surface area contributed by atoms with Crippen LogP contribution < -0.4 is 5.32 Å². The normalized spacial score (nSPS) is 12.0. The van der Waals surface area contributed by atoms with E-state index in [1.54, 1.807) is 31.2 Å². The van der Waals surface area contributed by atoms with Gasteiger partial charge in [0.2, 0.25) is 0 Å². The molecule has 2 aromatic carbocycles. The molecular weight excluding hydrogens is 284 g/mol. The van der Waals surface area contributed by atoms with Crippen molar-refractivity contribution >= 4 is 17.5 Å². The van der Waals surface area contributed by atoms with Gasteiger partial charge in [0.15, 0.2) is 0 Å². The lowest BCUT2D eigenvalue weighted by molar-refractivity contribution is 0.0935. The average molecular weight is 296 g/mol. The second kappa shape index (κ2) is 6.01. The smallest absolute Gasteiger partial charge is 0.254 e. The maximum atomic E-state index is 13.5. The van der Waals surface area contributed by atoms with Crippen LogP contribution in [0.25, 0.3) is 0 Å². The fourth-order valence-corrected chi connectivity index (χ4v) is 1.91. The molecule has 5 heteroatoms. The SMILES string of the molecule is C[C@@H](NC(=O)c1cc(F)ccc1F)c1ccc(Cl)cc1. The van der Waals surface area contributed by atoms with Crippen LogP contribution in [0.4, 0.5) is 8.78 Å². The Bertz CT molecular complexity index is 628. The molecule has 2 nitrogen and oxygen atoms in total. The summed E-state index contributed by atoms with van der Waals surface area (Å²) in [7, 11) is 0. The predicted octanol–water partition coefficient (Wildman–Crippen LogP) is 4.11. The first kappa shape index (κ1) is 14.5. The summed E-state index contributed by atoms with van der Waals surface area (Å²) in [5, 5.41) is 3.20. The third-order valence-electron chi connectivity index (χ3n) is 2.89. The summed E-state index contributed by atoms with van der Waals surface area (Å²) >= 11 is 5.78. The minimum Gasteiger partial charge on any atom is -0.345 e. The van der Waals surface area contributed by atoms with Crippen LogP contribution in [0.3, 0.4) is 0 Å². The molecule has 2 aromatic rings. The molecule has 1 N–H and O–H groups in total. The fourth-order valence-electron chi connectivity index (χ4n) is 1.78. The topological polar surface area (TPSA) is 29.1 Å². The molecule has 0 aliphatic carbocycles. The van der Waals surface area contributed by atoms with E-state index in [0.29, 0.717) is 5.02 Å². The third kappa shape index (κ3) is 3.33. The van der Waals surface area contributed by atoms with Gasteiger partial charge in [0.05, 0.1) is 11.6 Å². The van der Waals surface area contributed by atoms with E-state index in [4.69, 9.17) is 11.6 Å². The maximum absolute atomic E-state index is 13.5. The summed E-state index contributed by atoms with van der Waals surface area (Å²) < 4.78 is 26.5. The number of carbonyl (C=O) groups is 1. The molecule has 20 heavy (non-hydrogen) atoms. The molecule has 0 unspecified atom stereocenters. The number of hydrogen-bond donors (Lipinski definition) is 1. The van der Waals surface area contributed by atoms with Crippen LogP contribution in [0, 0.1) is 11.6 Å². The summed E-state index contributed by atoms with van der Waals surface area (Å²) in [6.45, 7) is 1.75. The van der Waals surface area contributed by atoms with Crippen molar-refractivity contribution < 1.29 is 13.6 Å². The van der Waals surface area contributed by atoms with Crippen LogP contribution in [0.5, 0.6) is 0 Å². The molecule has 0 saturated heterocycles. The van der Waals surface area contributed by atoms with E-state index in [1.165, 1.54) is 0 Å². The molecule has 2 rings (SSSR count). The zero-order chi connectivity index (χ0) is 14.7. The van der Waals surface area contributed by atoms with Crippen molar-refractivity contribution in [1.29, 1.82) is 0 Å². The Kier molecular flexibility index (Phi) is 4.35.